The summed E-state index contributed by atoms with van der Waals surface area (Å²) in [7, 11) is 0. The van der Waals surface area contributed by atoms with Gasteiger partial charge in [0.15, 0.2) is 0 Å². The maximum absolute atomic E-state index is 12.3. The Bertz CT molecular complexity index is 434. The molecular weight excluding hydrogens is 250 g/mol. The van der Waals surface area contributed by atoms with E-state index >= 15 is 0 Å². The largest absolute Gasteiger partial charge is 0.376 e. The molecule has 2 aliphatic rings. The van der Waals surface area contributed by atoms with Gasteiger partial charge in [-0.25, -0.2) is 0 Å². The zero-order valence-electron chi connectivity index (χ0n) is 11.8. The first-order valence-electron chi connectivity index (χ1n) is 7.60. The average Bonchev–Trinajstić information content (AvgIpc) is 2.84. The number of amides is 1. The standard InChI is InChI=1S/C16H23N3O/c20-16(12-18-15-4-2-1-3-5-15)19-8-6-13-10-17-11-14(13)7-9-19/h1-5,13-14,17-18H,6-12H2/t13-,14+. The lowest BCUT2D eigenvalue weighted by molar-refractivity contribution is -0.129. The molecule has 0 aliphatic carbocycles. The number of para-hydroxylation sites is 1. The summed E-state index contributed by atoms with van der Waals surface area (Å²) in [5.41, 5.74) is 1.01. The number of hydrogen-bond donors (Lipinski definition) is 2. The van der Waals surface area contributed by atoms with Crippen LogP contribution in [0, 0.1) is 11.8 Å². The van der Waals surface area contributed by atoms with Crippen molar-refractivity contribution in [2.75, 3.05) is 38.0 Å². The molecule has 2 aliphatic heterocycles. The van der Waals surface area contributed by atoms with E-state index in [1.165, 1.54) is 0 Å². The van der Waals surface area contributed by atoms with Gasteiger partial charge in [-0.2, -0.15) is 0 Å². The topological polar surface area (TPSA) is 44.4 Å². The number of benzene rings is 1. The van der Waals surface area contributed by atoms with Crippen LogP contribution in [0.3, 0.4) is 0 Å². The normalized spacial score (nSPS) is 25.9. The Morgan fingerprint density at radius 1 is 1.15 bits per heavy atom. The predicted molar refractivity (Wildman–Crippen MR) is 80.6 cm³/mol. The Morgan fingerprint density at radius 2 is 1.80 bits per heavy atom. The average molecular weight is 273 g/mol. The van der Waals surface area contributed by atoms with E-state index in [4.69, 9.17) is 0 Å². The summed E-state index contributed by atoms with van der Waals surface area (Å²) in [4.78, 5) is 14.3. The van der Waals surface area contributed by atoms with Crippen LogP contribution in [0.15, 0.2) is 30.3 Å². The molecule has 2 N–H and O–H groups in total. The Labute approximate surface area is 120 Å². The quantitative estimate of drug-likeness (QED) is 0.878. The van der Waals surface area contributed by atoms with Crippen LogP contribution < -0.4 is 10.6 Å². The van der Waals surface area contributed by atoms with E-state index in [1.807, 2.05) is 35.2 Å². The molecule has 0 saturated carbocycles. The second-order valence-electron chi connectivity index (χ2n) is 5.86. The number of fused-ring (bicyclic) bond motifs is 1. The molecule has 0 spiro atoms. The maximum Gasteiger partial charge on any atom is 0.241 e. The first-order valence-corrected chi connectivity index (χ1v) is 7.60. The summed E-state index contributed by atoms with van der Waals surface area (Å²) < 4.78 is 0. The van der Waals surface area contributed by atoms with E-state index in [9.17, 15) is 4.79 Å². The molecule has 2 fully saturated rings. The third kappa shape index (κ3) is 3.12. The van der Waals surface area contributed by atoms with E-state index in [-0.39, 0.29) is 5.91 Å². The highest BCUT2D eigenvalue weighted by atomic mass is 16.2. The van der Waals surface area contributed by atoms with Gasteiger partial charge >= 0.3 is 0 Å². The third-order valence-electron chi connectivity index (χ3n) is 4.59. The molecule has 0 bridgehead atoms. The van der Waals surface area contributed by atoms with Crippen molar-refractivity contribution in [3.05, 3.63) is 30.3 Å². The molecule has 2 saturated heterocycles. The first kappa shape index (κ1) is 13.4. The molecule has 1 aromatic rings. The van der Waals surface area contributed by atoms with E-state index < -0.39 is 0 Å². The molecule has 0 radical (unpaired) electrons. The number of rotatable bonds is 3. The van der Waals surface area contributed by atoms with Crippen LogP contribution in [-0.2, 0) is 4.79 Å². The summed E-state index contributed by atoms with van der Waals surface area (Å²) in [6, 6.07) is 9.92. The van der Waals surface area contributed by atoms with Crippen LogP contribution in [0.2, 0.25) is 0 Å². The van der Waals surface area contributed by atoms with Crippen LogP contribution in [0.4, 0.5) is 5.69 Å². The summed E-state index contributed by atoms with van der Waals surface area (Å²) in [6.45, 7) is 4.50. The fourth-order valence-corrected chi connectivity index (χ4v) is 3.31. The highest BCUT2D eigenvalue weighted by Gasteiger charge is 2.31. The lowest BCUT2D eigenvalue weighted by atomic mass is 9.92. The lowest BCUT2D eigenvalue weighted by Crippen LogP contribution is -2.36. The highest BCUT2D eigenvalue weighted by molar-refractivity contribution is 5.80. The Balaban J connectivity index is 1.50. The van der Waals surface area contributed by atoms with E-state index in [0.717, 1.165) is 56.5 Å². The fourth-order valence-electron chi connectivity index (χ4n) is 3.31. The Hall–Kier alpha value is -1.55. The van der Waals surface area contributed by atoms with Crippen molar-refractivity contribution in [1.82, 2.24) is 10.2 Å². The van der Waals surface area contributed by atoms with Gasteiger partial charge in [-0.05, 0) is 49.9 Å². The van der Waals surface area contributed by atoms with E-state index in [1.54, 1.807) is 0 Å². The monoisotopic (exact) mass is 273 g/mol. The number of nitrogens with one attached hydrogen (secondary N) is 2. The second-order valence-corrected chi connectivity index (χ2v) is 5.86. The van der Waals surface area contributed by atoms with Crippen molar-refractivity contribution in [3.63, 3.8) is 0 Å². The summed E-state index contributed by atoms with van der Waals surface area (Å²) in [5, 5.41) is 6.68. The minimum Gasteiger partial charge on any atom is -0.376 e. The molecule has 0 unspecified atom stereocenters. The Morgan fingerprint density at radius 3 is 2.45 bits per heavy atom. The van der Waals surface area contributed by atoms with Crippen molar-refractivity contribution in [1.29, 1.82) is 0 Å². The van der Waals surface area contributed by atoms with Crippen molar-refractivity contribution in [2.45, 2.75) is 12.8 Å². The van der Waals surface area contributed by atoms with Crippen LogP contribution in [0.25, 0.3) is 0 Å². The highest BCUT2D eigenvalue weighted by Crippen LogP contribution is 2.27. The smallest absolute Gasteiger partial charge is 0.241 e. The van der Waals surface area contributed by atoms with Crippen molar-refractivity contribution in [2.24, 2.45) is 11.8 Å². The number of anilines is 1. The maximum atomic E-state index is 12.3. The van der Waals surface area contributed by atoms with Crippen LogP contribution in [0.5, 0.6) is 0 Å². The molecule has 108 valence electrons. The van der Waals surface area contributed by atoms with Crippen molar-refractivity contribution < 1.29 is 4.79 Å². The van der Waals surface area contributed by atoms with Gasteiger partial charge < -0.3 is 15.5 Å². The number of carbonyl (C=O) groups is 1. The summed E-state index contributed by atoms with van der Waals surface area (Å²) in [5.74, 6) is 1.77. The lowest BCUT2D eigenvalue weighted by Gasteiger charge is -2.21. The summed E-state index contributed by atoms with van der Waals surface area (Å²) >= 11 is 0. The van der Waals surface area contributed by atoms with Gasteiger partial charge in [0.25, 0.3) is 0 Å². The number of likely N-dealkylation sites (tertiary alicyclic amines) is 1. The first-order chi connectivity index (χ1) is 9.83. The van der Waals surface area contributed by atoms with Gasteiger partial charge in [-0.15, -0.1) is 0 Å². The van der Waals surface area contributed by atoms with Gasteiger partial charge in [0.2, 0.25) is 5.91 Å². The summed E-state index contributed by atoms with van der Waals surface area (Å²) in [6.07, 6.45) is 2.30. The minimum absolute atomic E-state index is 0.224. The molecule has 4 heteroatoms. The molecule has 0 aromatic heterocycles. The van der Waals surface area contributed by atoms with Crippen LogP contribution in [-0.4, -0.2) is 43.5 Å². The van der Waals surface area contributed by atoms with Gasteiger partial charge in [-0.3, -0.25) is 4.79 Å². The molecule has 3 rings (SSSR count). The minimum atomic E-state index is 0.224. The SMILES string of the molecule is O=C(CNc1ccccc1)N1CC[C@@H]2CNC[C@@H]2CC1. The van der Waals surface area contributed by atoms with E-state index in [2.05, 4.69) is 10.6 Å². The molecule has 4 nitrogen and oxygen atoms in total. The molecule has 2 atom stereocenters. The molecule has 1 amide bonds. The molecular formula is C16H23N3O. The molecule has 20 heavy (non-hydrogen) atoms. The van der Waals surface area contributed by atoms with Gasteiger partial charge in [0, 0.05) is 18.8 Å². The van der Waals surface area contributed by atoms with Crippen LogP contribution >= 0.6 is 0 Å². The van der Waals surface area contributed by atoms with Gasteiger partial charge in [-0.1, -0.05) is 18.2 Å². The van der Waals surface area contributed by atoms with Gasteiger partial charge in [0.05, 0.1) is 6.54 Å². The number of nitrogens with zero attached hydrogens (tertiary/aromatic N) is 1. The molecule has 1 aromatic carbocycles. The third-order valence-corrected chi connectivity index (χ3v) is 4.59. The zero-order chi connectivity index (χ0) is 13.8. The van der Waals surface area contributed by atoms with Crippen LogP contribution in [0.1, 0.15) is 12.8 Å². The van der Waals surface area contributed by atoms with Gasteiger partial charge in [0.1, 0.15) is 0 Å². The predicted octanol–water partition coefficient (Wildman–Crippen LogP) is 1.56. The Kier molecular flexibility index (Phi) is 4.21. The van der Waals surface area contributed by atoms with E-state index in [0.29, 0.717) is 6.54 Å². The van der Waals surface area contributed by atoms with Crippen molar-refractivity contribution >= 4 is 11.6 Å². The number of carbonyl (C=O) groups excluding carboxylic acids is 1. The number of hydrogen-bond acceptors (Lipinski definition) is 3. The molecule has 2 heterocycles. The fraction of sp³-hybridized carbons (Fsp3) is 0.562. The second kappa shape index (κ2) is 6.27. The zero-order valence-corrected chi connectivity index (χ0v) is 11.8. The van der Waals surface area contributed by atoms with Crippen molar-refractivity contribution in [3.8, 4) is 0 Å².